The van der Waals surface area contributed by atoms with Crippen LogP contribution >= 0.6 is 11.3 Å². The number of aryl methyl sites for hydroxylation is 1. The molecule has 2 rings (SSSR count). The van der Waals surface area contributed by atoms with E-state index in [9.17, 15) is 4.79 Å². The van der Waals surface area contributed by atoms with E-state index in [0.29, 0.717) is 5.13 Å². The van der Waals surface area contributed by atoms with Gasteiger partial charge in [0, 0.05) is 24.8 Å². The molecule has 0 fully saturated rings. The van der Waals surface area contributed by atoms with E-state index >= 15 is 0 Å². The number of amides is 1. The SMILES string of the molecule is CCc1csc(N(C)C(=O)n2ccnc2)n1. The lowest BCUT2D eigenvalue weighted by atomic mass is 10.4. The van der Waals surface area contributed by atoms with Gasteiger partial charge in [-0.05, 0) is 6.42 Å². The summed E-state index contributed by atoms with van der Waals surface area (Å²) >= 11 is 1.47. The van der Waals surface area contributed by atoms with Gasteiger partial charge in [0.25, 0.3) is 0 Å². The predicted molar refractivity (Wildman–Crippen MR) is 62.9 cm³/mol. The molecule has 0 N–H and O–H groups in total. The Hall–Kier alpha value is -1.69. The minimum atomic E-state index is -0.158. The fraction of sp³-hybridized carbons (Fsp3) is 0.300. The van der Waals surface area contributed by atoms with E-state index in [1.807, 2.05) is 12.3 Å². The molecule has 0 unspecified atom stereocenters. The first kappa shape index (κ1) is 10.8. The Bertz CT molecular complexity index is 477. The average molecular weight is 236 g/mol. The third kappa shape index (κ3) is 1.96. The van der Waals surface area contributed by atoms with Crippen LogP contribution in [0.3, 0.4) is 0 Å². The molecule has 2 heterocycles. The summed E-state index contributed by atoms with van der Waals surface area (Å²) in [4.78, 5) is 21.6. The molecule has 5 nitrogen and oxygen atoms in total. The number of carbonyl (C=O) groups is 1. The molecule has 2 aromatic heterocycles. The van der Waals surface area contributed by atoms with Crippen molar-refractivity contribution in [2.45, 2.75) is 13.3 Å². The molecule has 0 aliphatic rings. The molecule has 0 saturated heterocycles. The number of imidazole rings is 1. The van der Waals surface area contributed by atoms with E-state index in [2.05, 4.69) is 9.97 Å². The fourth-order valence-electron chi connectivity index (χ4n) is 1.24. The molecule has 1 amide bonds. The second kappa shape index (κ2) is 4.44. The van der Waals surface area contributed by atoms with Gasteiger partial charge in [-0.2, -0.15) is 0 Å². The molecule has 0 saturated carbocycles. The number of nitrogens with zero attached hydrogens (tertiary/aromatic N) is 4. The van der Waals surface area contributed by atoms with Crippen LogP contribution in [0.1, 0.15) is 12.6 Å². The largest absolute Gasteiger partial charge is 0.335 e. The zero-order valence-electron chi connectivity index (χ0n) is 9.12. The van der Waals surface area contributed by atoms with Gasteiger partial charge in [0.2, 0.25) is 0 Å². The van der Waals surface area contributed by atoms with Gasteiger partial charge in [0.05, 0.1) is 5.69 Å². The van der Waals surface area contributed by atoms with Gasteiger partial charge < -0.3 is 0 Å². The summed E-state index contributed by atoms with van der Waals surface area (Å²) in [6, 6.07) is -0.158. The topological polar surface area (TPSA) is 51.0 Å². The summed E-state index contributed by atoms with van der Waals surface area (Å²) in [6.07, 6.45) is 5.55. The minimum Gasteiger partial charge on any atom is -0.272 e. The lowest BCUT2D eigenvalue weighted by Gasteiger charge is -2.13. The normalized spacial score (nSPS) is 10.4. The number of aromatic nitrogens is 3. The molecule has 0 aliphatic heterocycles. The van der Waals surface area contributed by atoms with E-state index in [1.54, 1.807) is 19.4 Å². The Kier molecular flexibility index (Phi) is 3.00. The Labute approximate surface area is 97.4 Å². The van der Waals surface area contributed by atoms with Crippen LogP contribution in [0, 0.1) is 0 Å². The second-order valence-corrected chi connectivity index (χ2v) is 4.12. The Balaban J connectivity index is 2.19. The van der Waals surface area contributed by atoms with Gasteiger partial charge >= 0.3 is 6.03 Å². The van der Waals surface area contributed by atoms with Gasteiger partial charge in [-0.3, -0.25) is 9.47 Å². The summed E-state index contributed by atoms with van der Waals surface area (Å²) in [5.41, 5.74) is 1.00. The monoisotopic (exact) mass is 236 g/mol. The quantitative estimate of drug-likeness (QED) is 0.801. The lowest BCUT2D eigenvalue weighted by Crippen LogP contribution is -2.30. The van der Waals surface area contributed by atoms with Crippen molar-refractivity contribution in [3.05, 3.63) is 29.8 Å². The first-order chi connectivity index (χ1) is 7.72. The maximum Gasteiger partial charge on any atom is 0.335 e. The highest BCUT2D eigenvalue weighted by atomic mass is 32.1. The molecule has 0 bridgehead atoms. The average Bonchev–Trinajstić information content (AvgIpc) is 2.97. The zero-order chi connectivity index (χ0) is 11.5. The highest BCUT2D eigenvalue weighted by Crippen LogP contribution is 2.20. The van der Waals surface area contributed by atoms with E-state index in [-0.39, 0.29) is 6.03 Å². The standard InChI is InChI=1S/C10H12N4OS/c1-3-8-6-16-9(12-8)13(2)10(15)14-5-4-11-7-14/h4-7H,3H2,1-2H3. The summed E-state index contributed by atoms with van der Waals surface area (Å²) < 4.78 is 1.42. The summed E-state index contributed by atoms with van der Waals surface area (Å²) in [7, 11) is 1.71. The van der Waals surface area contributed by atoms with Crippen LogP contribution in [0.15, 0.2) is 24.1 Å². The van der Waals surface area contributed by atoms with Gasteiger partial charge in [-0.15, -0.1) is 11.3 Å². The number of hydrogen-bond donors (Lipinski definition) is 0. The lowest BCUT2D eigenvalue weighted by molar-refractivity contribution is 0.249. The van der Waals surface area contributed by atoms with Crippen LogP contribution in [0.25, 0.3) is 0 Å². The third-order valence-corrected chi connectivity index (χ3v) is 3.17. The van der Waals surface area contributed by atoms with E-state index in [1.165, 1.54) is 27.1 Å². The smallest absolute Gasteiger partial charge is 0.272 e. The molecular formula is C10H12N4OS. The van der Waals surface area contributed by atoms with Crippen molar-refractivity contribution >= 4 is 22.5 Å². The van der Waals surface area contributed by atoms with Crippen molar-refractivity contribution < 1.29 is 4.79 Å². The van der Waals surface area contributed by atoms with Crippen molar-refractivity contribution in [1.29, 1.82) is 0 Å². The highest BCUT2D eigenvalue weighted by molar-refractivity contribution is 7.14. The molecule has 16 heavy (non-hydrogen) atoms. The van der Waals surface area contributed by atoms with Crippen LogP contribution in [0.4, 0.5) is 9.93 Å². The van der Waals surface area contributed by atoms with Crippen LogP contribution in [-0.2, 0) is 6.42 Å². The van der Waals surface area contributed by atoms with Crippen LogP contribution < -0.4 is 4.90 Å². The molecule has 6 heteroatoms. The molecule has 0 radical (unpaired) electrons. The van der Waals surface area contributed by atoms with Gasteiger partial charge in [0.15, 0.2) is 5.13 Å². The second-order valence-electron chi connectivity index (χ2n) is 3.29. The summed E-state index contributed by atoms with van der Waals surface area (Å²) in [5, 5.41) is 2.67. The number of anilines is 1. The summed E-state index contributed by atoms with van der Waals surface area (Å²) in [6.45, 7) is 2.04. The number of thiazole rings is 1. The number of carbonyl (C=O) groups excluding carboxylic acids is 1. The zero-order valence-corrected chi connectivity index (χ0v) is 9.94. The molecule has 0 atom stereocenters. The van der Waals surface area contributed by atoms with Crippen LogP contribution in [0.5, 0.6) is 0 Å². The van der Waals surface area contributed by atoms with Crippen molar-refractivity contribution in [3.63, 3.8) is 0 Å². The molecule has 84 valence electrons. The molecular weight excluding hydrogens is 224 g/mol. The number of rotatable bonds is 2. The predicted octanol–water partition coefficient (Wildman–Crippen LogP) is 2.01. The van der Waals surface area contributed by atoms with Gasteiger partial charge in [-0.1, -0.05) is 6.92 Å². The molecule has 0 spiro atoms. The summed E-state index contributed by atoms with van der Waals surface area (Å²) in [5.74, 6) is 0. The number of hydrogen-bond acceptors (Lipinski definition) is 4. The van der Waals surface area contributed by atoms with Crippen LogP contribution in [-0.4, -0.2) is 27.6 Å². The molecule has 2 aromatic rings. The maximum atomic E-state index is 11.9. The first-order valence-electron chi connectivity index (χ1n) is 4.92. The Morgan fingerprint density at radius 3 is 3.00 bits per heavy atom. The third-order valence-electron chi connectivity index (χ3n) is 2.20. The van der Waals surface area contributed by atoms with E-state index in [4.69, 9.17) is 0 Å². The Morgan fingerprint density at radius 1 is 1.62 bits per heavy atom. The molecule has 0 aliphatic carbocycles. The van der Waals surface area contributed by atoms with Gasteiger partial charge in [0.1, 0.15) is 6.33 Å². The van der Waals surface area contributed by atoms with Crippen molar-refractivity contribution in [2.75, 3.05) is 11.9 Å². The van der Waals surface area contributed by atoms with Crippen molar-refractivity contribution in [2.24, 2.45) is 0 Å². The highest BCUT2D eigenvalue weighted by Gasteiger charge is 2.15. The fourth-order valence-corrected chi connectivity index (χ4v) is 2.11. The van der Waals surface area contributed by atoms with Crippen molar-refractivity contribution in [3.8, 4) is 0 Å². The van der Waals surface area contributed by atoms with Gasteiger partial charge in [-0.25, -0.2) is 14.8 Å². The molecule has 0 aromatic carbocycles. The van der Waals surface area contributed by atoms with Crippen LogP contribution in [0.2, 0.25) is 0 Å². The maximum absolute atomic E-state index is 11.9. The van der Waals surface area contributed by atoms with Crippen molar-refractivity contribution in [1.82, 2.24) is 14.5 Å². The van der Waals surface area contributed by atoms with E-state index < -0.39 is 0 Å². The van der Waals surface area contributed by atoms with E-state index in [0.717, 1.165) is 12.1 Å². The first-order valence-corrected chi connectivity index (χ1v) is 5.80. The minimum absolute atomic E-state index is 0.158. The Morgan fingerprint density at radius 2 is 2.44 bits per heavy atom.